The van der Waals surface area contributed by atoms with E-state index >= 15 is 0 Å². The number of para-hydroxylation sites is 1. The van der Waals surface area contributed by atoms with Crippen molar-refractivity contribution in [3.63, 3.8) is 0 Å². The molecule has 1 saturated carbocycles. The Labute approximate surface area is 146 Å². The van der Waals surface area contributed by atoms with Crippen molar-refractivity contribution in [2.75, 3.05) is 19.5 Å². The molecule has 1 aliphatic carbocycles. The SMILES string of the molecule is COc1ccc(C(=O)Nc2ccccc2C(=O)NC2CC2)cc1OC. The van der Waals surface area contributed by atoms with E-state index in [4.69, 9.17) is 9.47 Å². The molecule has 0 aliphatic heterocycles. The van der Waals surface area contributed by atoms with Crippen molar-refractivity contribution in [3.8, 4) is 11.5 Å². The van der Waals surface area contributed by atoms with Gasteiger partial charge in [0.2, 0.25) is 0 Å². The Morgan fingerprint density at radius 3 is 2.36 bits per heavy atom. The highest BCUT2D eigenvalue weighted by atomic mass is 16.5. The van der Waals surface area contributed by atoms with Crippen LogP contribution in [0.25, 0.3) is 0 Å². The first-order chi connectivity index (χ1) is 12.1. The van der Waals surface area contributed by atoms with Gasteiger partial charge >= 0.3 is 0 Å². The molecule has 0 radical (unpaired) electrons. The zero-order valence-electron chi connectivity index (χ0n) is 14.2. The molecule has 0 bridgehead atoms. The zero-order valence-corrected chi connectivity index (χ0v) is 14.2. The quantitative estimate of drug-likeness (QED) is 0.848. The molecule has 6 heteroatoms. The van der Waals surface area contributed by atoms with Crippen LogP contribution in [0.15, 0.2) is 42.5 Å². The fourth-order valence-electron chi connectivity index (χ4n) is 2.45. The average Bonchev–Trinajstić information content (AvgIpc) is 3.45. The lowest BCUT2D eigenvalue weighted by molar-refractivity contribution is 0.0952. The van der Waals surface area contributed by atoms with Crippen LogP contribution in [0.4, 0.5) is 5.69 Å². The van der Waals surface area contributed by atoms with E-state index in [-0.39, 0.29) is 17.9 Å². The van der Waals surface area contributed by atoms with Crippen LogP contribution in [0.5, 0.6) is 11.5 Å². The summed E-state index contributed by atoms with van der Waals surface area (Å²) < 4.78 is 10.4. The van der Waals surface area contributed by atoms with Gasteiger partial charge < -0.3 is 20.1 Å². The van der Waals surface area contributed by atoms with Crippen LogP contribution in [0, 0.1) is 0 Å². The van der Waals surface area contributed by atoms with Crippen molar-refractivity contribution >= 4 is 17.5 Å². The number of anilines is 1. The minimum Gasteiger partial charge on any atom is -0.493 e. The van der Waals surface area contributed by atoms with Crippen LogP contribution in [0.1, 0.15) is 33.6 Å². The normalized spacial score (nSPS) is 13.0. The first kappa shape index (κ1) is 16.8. The van der Waals surface area contributed by atoms with Crippen molar-refractivity contribution in [1.82, 2.24) is 5.32 Å². The number of hydrogen-bond acceptors (Lipinski definition) is 4. The summed E-state index contributed by atoms with van der Waals surface area (Å²) in [6, 6.07) is 12.1. The lowest BCUT2D eigenvalue weighted by Gasteiger charge is -2.12. The number of rotatable bonds is 6. The molecule has 2 aromatic carbocycles. The summed E-state index contributed by atoms with van der Waals surface area (Å²) in [5.41, 5.74) is 1.33. The summed E-state index contributed by atoms with van der Waals surface area (Å²) in [6.45, 7) is 0. The summed E-state index contributed by atoms with van der Waals surface area (Å²) in [4.78, 5) is 24.9. The maximum absolute atomic E-state index is 12.6. The number of carbonyl (C=O) groups is 2. The summed E-state index contributed by atoms with van der Waals surface area (Å²) in [6.07, 6.45) is 2.01. The Bertz CT molecular complexity index is 800. The molecule has 2 N–H and O–H groups in total. The van der Waals surface area contributed by atoms with E-state index < -0.39 is 0 Å². The van der Waals surface area contributed by atoms with E-state index in [0.717, 1.165) is 12.8 Å². The molecule has 0 unspecified atom stereocenters. The van der Waals surface area contributed by atoms with E-state index in [2.05, 4.69) is 10.6 Å². The van der Waals surface area contributed by atoms with Crippen molar-refractivity contribution in [2.24, 2.45) is 0 Å². The van der Waals surface area contributed by atoms with E-state index in [1.54, 1.807) is 42.5 Å². The maximum Gasteiger partial charge on any atom is 0.255 e. The average molecular weight is 340 g/mol. The Kier molecular flexibility index (Phi) is 4.88. The first-order valence-corrected chi connectivity index (χ1v) is 8.05. The molecule has 2 amide bonds. The van der Waals surface area contributed by atoms with Gasteiger partial charge in [0.15, 0.2) is 11.5 Å². The Morgan fingerprint density at radius 2 is 1.68 bits per heavy atom. The van der Waals surface area contributed by atoms with E-state index in [9.17, 15) is 9.59 Å². The predicted octanol–water partition coefficient (Wildman–Crippen LogP) is 2.85. The molecular weight excluding hydrogens is 320 g/mol. The van der Waals surface area contributed by atoms with Crippen molar-refractivity contribution in [2.45, 2.75) is 18.9 Å². The third-order valence-electron chi connectivity index (χ3n) is 3.98. The molecule has 3 rings (SSSR count). The monoisotopic (exact) mass is 340 g/mol. The molecule has 0 spiro atoms. The lowest BCUT2D eigenvalue weighted by atomic mass is 10.1. The highest BCUT2D eigenvalue weighted by Crippen LogP contribution is 2.28. The highest BCUT2D eigenvalue weighted by Gasteiger charge is 2.25. The van der Waals surface area contributed by atoms with Gasteiger partial charge in [0.05, 0.1) is 25.5 Å². The van der Waals surface area contributed by atoms with Crippen molar-refractivity contribution in [3.05, 3.63) is 53.6 Å². The van der Waals surface area contributed by atoms with Gasteiger partial charge in [-0.2, -0.15) is 0 Å². The Balaban J connectivity index is 1.80. The molecular formula is C19H20N2O4. The number of carbonyl (C=O) groups excluding carboxylic acids is 2. The molecule has 130 valence electrons. The van der Waals surface area contributed by atoms with Gasteiger partial charge in [-0.3, -0.25) is 9.59 Å². The number of benzene rings is 2. The van der Waals surface area contributed by atoms with Crippen LogP contribution in [0.3, 0.4) is 0 Å². The third-order valence-corrected chi connectivity index (χ3v) is 3.98. The molecule has 1 fully saturated rings. The standard InChI is InChI=1S/C19H20N2O4/c1-24-16-10-7-12(11-17(16)25-2)18(22)21-15-6-4-3-5-14(15)19(23)20-13-8-9-13/h3-7,10-11,13H,8-9H2,1-2H3,(H,20,23)(H,21,22). The lowest BCUT2D eigenvalue weighted by Crippen LogP contribution is -2.27. The summed E-state index contributed by atoms with van der Waals surface area (Å²) in [5, 5.41) is 5.72. The first-order valence-electron chi connectivity index (χ1n) is 8.05. The molecule has 1 aliphatic rings. The maximum atomic E-state index is 12.6. The second kappa shape index (κ2) is 7.25. The smallest absolute Gasteiger partial charge is 0.255 e. The Morgan fingerprint density at radius 1 is 0.960 bits per heavy atom. The van der Waals surface area contributed by atoms with Gasteiger partial charge in [-0.25, -0.2) is 0 Å². The molecule has 2 aromatic rings. The minimum atomic E-state index is -0.326. The van der Waals surface area contributed by atoms with Crippen LogP contribution >= 0.6 is 0 Å². The molecule has 25 heavy (non-hydrogen) atoms. The van der Waals surface area contributed by atoms with Crippen molar-refractivity contribution in [1.29, 1.82) is 0 Å². The largest absolute Gasteiger partial charge is 0.493 e. The second-order valence-corrected chi connectivity index (χ2v) is 5.82. The molecule has 0 heterocycles. The number of methoxy groups -OCH3 is 2. The second-order valence-electron chi connectivity index (χ2n) is 5.82. The molecule has 0 aromatic heterocycles. The van der Waals surface area contributed by atoms with Gasteiger partial charge in [0.25, 0.3) is 11.8 Å². The number of nitrogens with one attached hydrogen (secondary N) is 2. The summed E-state index contributed by atoms with van der Waals surface area (Å²) in [5.74, 6) is 0.511. The van der Waals surface area contributed by atoms with Crippen molar-refractivity contribution < 1.29 is 19.1 Å². The van der Waals surface area contributed by atoms with Crippen LogP contribution in [-0.2, 0) is 0 Å². The van der Waals surface area contributed by atoms with Gasteiger partial charge in [-0.05, 0) is 43.2 Å². The topological polar surface area (TPSA) is 76.7 Å². The Hall–Kier alpha value is -3.02. The van der Waals surface area contributed by atoms with Gasteiger partial charge in [-0.1, -0.05) is 12.1 Å². The summed E-state index contributed by atoms with van der Waals surface area (Å²) in [7, 11) is 3.05. The molecule has 0 saturated heterocycles. The van der Waals surface area contributed by atoms with E-state index in [1.807, 2.05) is 0 Å². The summed E-state index contributed by atoms with van der Waals surface area (Å²) >= 11 is 0. The van der Waals surface area contributed by atoms with Gasteiger partial charge in [-0.15, -0.1) is 0 Å². The fourth-order valence-corrected chi connectivity index (χ4v) is 2.45. The fraction of sp³-hybridized carbons (Fsp3) is 0.263. The molecule has 6 nitrogen and oxygen atoms in total. The minimum absolute atomic E-state index is 0.175. The van der Waals surface area contributed by atoms with Crippen LogP contribution in [-0.4, -0.2) is 32.1 Å². The van der Waals surface area contributed by atoms with Gasteiger partial charge in [0.1, 0.15) is 0 Å². The van der Waals surface area contributed by atoms with Crippen LogP contribution in [0.2, 0.25) is 0 Å². The third kappa shape index (κ3) is 3.91. The molecule has 0 atom stereocenters. The number of amides is 2. The highest BCUT2D eigenvalue weighted by molar-refractivity contribution is 6.09. The van der Waals surface area contributed by atoms with Crippen LogP contribution < -0.4 is 20.1 Å². The zero-order chi connectivity index (χ0) is 17.8. The van der Waals surface area contributed by atoms with E-state index in [0.29, 0.717) is 28.3 Å². The van der Waals surface area contributed by atoms with E-state index in [1.165, 1.54) is 14.2 Å². The number of ether oxygens (including phenoxy) is 2. The number of hydrogen-bond donors (Lipinski definition) is 2. The van der Waals surface area contributed by atoms with Gasteiger partial charge in [0, 0.05) is 11.6 Å². The predicted molar refractivity (Wildman–Crippen MR) is 94.4 cm³/mol.